The van der Waals surface area contributed by atoms with Gasteiger partial charge in [0.1, 0.15) is 11.9 Å². The molecule has 0 aromatic heterocycles. The van der Waals surface area contributed by atoms with Crippen LogP contribution in [0.3, 0.4) is 0 Å². The molecule has 0 heterocycles. The van der Waals surface area contributed by atoms with Crippen molar-refractivity contribution in [2.75, 3.05) is 0 Å². The molecule has 104 valence electrons. The third kappa shape index (κ3) is 4.63. The van der Waals surface area contributed by atoms with Crippen LogP contribution in [0.4, 0.5) is 4.39 Å². The molecule has 0 saturated carbocycles. The Morgan fingerprint density at radius 2 is 1.84 bits per heavy atom. The van der Waals surface area contributed by atoms with Gasteiger partial charge in [0, 0.05) is 10.5 Å². The number of benzene rings is 1. The van der Waals surface area contributed by atoms with Crippen molar-refractivity contribution in [1.82, 2.24) is 10.6 Å². The molecule has 1 atom stereocenters. The lowest BCUT2D eigenvalue weighted by molar-refractivity contribution is -0.123. The maximum Gasteiger partial charge on any atom is 0.254 e. The molecule has 4 nitrogen and oxygen atoms in total. The third-order valence-corrected chi connectivity index (χ3v) is 2.84. The van der Waals surface area contributed by atoms with Crippen molar-refractivity contribution in [2.45, 2.75) is 32.9 Å². The fourth-order valence-corrected chi connectivity index (χ4v) is 1.76. The molecule has 0 aliphatic rings. The minimum Gasteiger partial charge on any atom is -0.352 e. The number of hydrogen-bond acceptors (Lipinski definition) is 2. The monoisotopic (exact) mass is 330 g/mol. The molecular weight excluding hydrogens is 315 g/mol. The third-order valence-electron chi connectivity index (χ3n) is 2.35. The second-order valence-corrected chi connectivity index (χ2v) is 5.40. The van der Waals surface area contributed by atoms with Gasteiger partial charge in [0.2, 0.25) is 5.91 Å². The summed E-state index contributed by atoms with van der Waals surface area (Å²) in [5.74, 6) is -1.55. The summed E-state index contributed by atoms with van der Waals surface area (Å²) in [4.78, 5) is 23.5. The lowest BCUT2D eigenvalue weighted by Crippen LogP contribution is -2.46. The van der Waals surface area contributed by atoms with E-state index in [1.165, 1.54) is 12.1 Å². The summed E-state index contributed by atoms with van der Waals surface area (Å²) < 4.78 is 14.1. The zero-order valence-electron chi connectivity index (χ0n) is 11.0. The van der Waals surface area contributed by atoms with E-state index in [-0.39, 0.29) is 17.5 Å². The predicted octanol–water partition coefficient (Wildman–Crippen LogP) is 2.23. The average molecular weight is 331 g/mol. The van der Waals surface area contributed by atoms with Crippen LogP contribution in [-0.2, 0) is 4.79 Å². The molecular formula is C13H16BrFN2O2. The minimum absolute atomic E-state index is 0.0173. The molecule has 1 aromatic rings. The summed E-state index contributed by atoms with van der Waals surface area (Å²) in [7, 11) is 0. The second-order valence-electron chi connectivity index (χ2n) is 4.48. The number of amides is 2. The first-order chi connectivity index (χ1) is 8.81. The van der Waals surface area contributed by atoms with E-state index in [4.69, 9.17) is 0 Å². The molecule has 1 unspecified atom stereocenters. The standard InChI is InChI=1S/C13H16BrFN2O2/c1-7(2)16-12(18)8(3)17-13(19)10-5-4-9(14)6-11(10)15/h4-8H,1-3H3,(H,16,18)(H,17,19). The van der Waals surface area contributed by atoms with Crippen LogP contribution in [0.25, 0.3) is 0 Å². The highest BCUT2D eigenvalue weighted by atomic mass is 79.9. The molecule has 0 radical (unpaired) electrons. The molecule has 0 saturated heterocycles. The number of carbonyl (C=O) groups is 2. The number of rotatable bonds is 4. The summed E-state index contributed by atoms with van der Waals surface area (Å²) in [5.41, 5.74) is -0.0904. The normalized spacial score (nSPS) is 12.1. The van der Waals surface area contributed by atoms with Crippen molar-refractivity contribution in [3.8, 4) is 0 Å². The van der Waals surface area contributed by atoms with Gasteiger partial charge in [-0.1, -0.05) is 15.9 Å². The quantitative estimate of drug-likeness (QED) is 0.889. The smallest absolute Gasteiger partial charge is 0.254 e. The first-order valence-corrected chi connectivity index (χ1v) is 6.67. The van der Waals surface area contributed by atoms with E-state index in [2.05, 4.69) is 26.6 Å². The van der Waals surface area contributed by atoms with E-state index >= 15 is 0 Å². The number of hydrogen-bond donors (Lipinski definition) is 2. The summed E-state index contributed by atoms with van der Waals surface area (Å²) in [6.07, 6.45) is 0. The molecule has 0 aliphatic carbocycles. The molecule has 19 heavy (non-hydrogen) atoms. The first-order valence-electron chi connectivity index (χ1n) is 5.87. The highest BCUT2D eigenvalue weighted by Gasteiger charge is 2.19. The molecule has 0 aliphatic heterocycles. The van der Waals surface area contributed by atoms with Crippen molar-refractivity contribution < 1.29 is 14.0 Å². The molecule has 6 heteroatoms. The maximum absolute atomic E-state index is 13.6. The Balaban J connectivity index is 2.71. The van der Waals surface area contributed by atoms with Gasteiger partial charge < -0.3 is 10.6 Å². The Morgan fingerprint density at radius 3 is 2.37 bits per heavy atom. The summed E-state index contributed by atoms with van der Waals surface area (Å²) in [6, 6.07) is 3.39. The Kier molecular flexibility index (Phi) is 5.47. The van der Waals surface area contributed by atoms with E-state index in [0.717, 1.165) is 0 Å². The summed E-state index contributed by atoms with van der Waals surface area (Å²) in [6.45, 7) is 5.19. The van der Waals surface area contributed by atoms with Crippen LogP contribution < -0.4 is 10.6 Å². The van der Waals surface area contributed by atoms with Crippen LogP contribution in [0.1, 0.15) is 31.1 Å². The van der Waals surface area contributed by atoms with Crippen LogP contribution in [0.2, 0.25) is 0 Å². The van der Waals surface area contributed by atoms with Gasteiger partial charge in [-0.2, -0.15) is 0 Å². The lowest BCUT2D eigenvalue weighted by atomic mass is 10.2. The van der Waals surface area contributed by atoms with Gasteiger partial charge in [-0.15, -0.1) is 0 Å². The predicted molar refractivity (Wildman–Crippen MR) is 74.3 cm³/mol. The molecule has 1 rings (SSSR count). The van der Waals surface area contributed by atoms with Crippen LogP contribution in [0.5, 0.6) is 0 Å². The second kappa shape index (κ2) is 6.65. The number of carbonyl (C=O) groups excluding carboxylic acids is 2. The molecule has 2 amide bonds. The van der Waals surface area contributed by atoms with E-state index in [9.17, 15) is 14.0 Å². The molecule has 0 fully saturated rings. The van der Waals surface area contributed by atoms with E-state index in [1.807, 2.05) is 13.8 Å². The van der Waals surface area contributed by atoms with Gasteiger partial charge in [-0.05, 0) is 39.0 Å². The van der Waals surface area contributed by atoms with Gasteiger partial charge in [0.25, 0.3) is 5.91 Å². The zero-order valence-corrected chi connectivity index (χ0v) is 12.5. The Morgan fingerprint density at radius 1 is 1.21 bits per heavy atom. The van der Waals surface area contributed by atoms with Gasteiger partial charge in [-0.25, -0.2) is 4.39 Å². The molecule has 0 spiro atoms. The zero-order chi connectivity index (χ0) is 14.6. The van der Waals surface area contributed by atoms with Crippen molar-refractivity contribution in [3.05, 3.63) is 34.1 Å². The Hall–Kier alpha value is -1.43. The van der Waals surface area contributed by atoms with Gasteiger partial charge in [0.05, 0.1) is 5.56 Å². The largest absolute Gasteiger partial charge is 0.352 e. The van der Waals surface area contributed by atoms with Crippen LogP contribution in [0, 0.1) is 5.82 Å². The number of nitrogens with one attached hydrogen (secondary N) is 2. The van der Waals surface area contributed by atoms with Gasteiger partial charge in [0.15, 0.2) is 0 Å². The van der Waals surface area contributed by atoms with Crippen molar-refractivity contribution in [1.29, 1.82) is 0 Å². The molecule has 2 N–H and O–H groups in total. The van der Waals surface area contributed by atoms with E-state index in [0.29, 0.717) is 4.47 Å². The maximum atomic E-state index is 13.6. The highest BCUT2D eigenvalue weighted by Crippen LogP contribution is 2.15. The summed E-state index contributed by atoms with van der Waals surface area (Å²) >= 11 is 3.11. The van der Waals surface area contributed by atoms with Crippen LogP contribution >= 0.6 is 15.9 Å². The Labute approximate surface area is 119 Å². The average Bonchev–Trinajstić information content (AvgIpc) is 2.27. The van der Waals surface area contributed by atoms with E-state index in [1.54, 1.807) is 13.0 Å². The minimum atomic E-state index is -0.724. The SMILES string of the molecule is CC(C)NC(=O)C(C)NC(=O)c1ccc(Br)cc1F. The van der Waals surface area contributed by atoms with Crippen LogP contribution in [0.15, 0.2) is 22.7 Å². The molecule has 1 aromatic carbocycles. The molecule has 0 bridgehead atoms. The topological polar surface area (TPSA) is 58.2 Å². The Bertz CT molecular complexity index is 492. The number of halogens is 2. The lowest BCUT2D eigenvalue weighted by Gasteiger charge is -2.16. The fourth-order valence-electron chi connectivity index (χ4n) is 1.42. The van der Waals surface area contributed by atoms with Crippen molar-refractivity contribution in [3.63, 3.8) is 0 Å². The van der Waals surface area contributed by atoms with Crippen molar-refractivity contribution >= 4 is 27.7 Å². The summed E-state index contributed by atoms with van der Waals surface area (Å²) in [5, 5.41) is 5.12. The first kappa shape index (κ1) is 15.6. The fraction of sp³-hybridized carbons (Fsp3) is 0.385. The van der Waals surface area contributed by atoms with E-state index < -0.39 is 17.8 Å². The highest BCUT2D eigenvalue weighted by molar-refractivity contribution is 9.10. The van der Waals surface area contributed by atoms with Gasteiger partial charge in [-0.3, -0.25) is 9.59 Å². The van der Waals surface area contributed by atoms with Crippen LogP contribution in [-0.4, -0.2) is 23.9 Å². The van der Waals surface area contributed by atoms with Crippen molar-refractivity contribution in [2.24, 2.45) is 0 Å². The van der Waals surface area contributed by atoms with Gasteiger partial charge >= 0.3 is 0 Å².